The molecular weight excluding hydrogens is 372 g/mol. The maximum absolute atomic E-state index is 12.4. The van der Waals surface area contributed by atoms with Crippen LogP contribution in [0.25, 0.3) is 0 Å². The quantitative estimate of drug-likeness (QED) is 0.811. The number of aryl methyl sites for hydroxylation is 2. The summed E-state index contributed by atoms with van der Waals surface area (Å²) in [6, 6.07) is 6.66. The monoisotopic (exact) mass is 386 g/mol. The van der Waals surface area contributed by atoms with Crippen LogP contribution in [0.1, 0.15) is 29.8 Å². The first-order valence-corrected chi connectivity index (χ1v) is 9.91. The van der Waals surface area contributed by atoms with Crippen molar-refractivity contribution in [3.05, 3.63) is 39.3 Å². The lowest BCUT2D eigenvalue weighted by molar-refractivity contribution is 0.601. The molecule has 1 aromatic heterocycles. The van der Waals surface area contributed by atoms with Crippen LogP contribution in [0.2, 0.25) is 0 Å². The number of rotatable bonds is 3. The molecule has 1 heterocycles. The van der Waals surface area contributed by atoms with E-state index in [1.165, 1.54) is 22.6 Å². The molecule has 0 amide bonds. The van der Waals surface area contributed by atoms with Crippen LogP contribution in [0.15, 0.2) is 33.6 Å². The van der Waals surface area contributed by atoms with Crippen molar-refractivity contribution in [2.75, 3.05) is 4.72 Å². The molecule has 0 atom stereocenters. The summed E-state index contributed by atoms with van der Waals surface area (Å²) in [7, 11) is -3.58. The van der Waals surface area contributed by atoms with Crippen LogP contribution in [-0.2, 0) is 22.9 Å². The first kappa shape index (κ1) is 15.0. The minimum absolute atomic E-state index is 0.238. The highest BCUT2D eigenvalue weighted by Crippen LogP contribution is 2.30. The van der Waals surface area contributed by atoms with Crippen LogP contribution >= 0.6 is 27.3 Å². The van der Waals surface area contributed by atoms with Crippen molar-refractivity contribution in [3.8, 4) is 0 Å². The first-order valence-electron chi connectivity index (χ1n) is 6.81. The molecule has 21 heavy (non-hydrogen) atoms. The molecule has 2 aromatic rings. The Morgan fingerprint density at radius 3 is 2.81 bits per heavy atom. The lowest BCUT2D eigenvalue weighted by Crippen LogP contribution is -2.12. The van der Waals surface area contributed by atoms with Crippen molar-refractivity contribution in [3.63, 3.8) is 0 Å². The Balaban J connectivity index is 1.86. The van der Waals surface area contributed by atoms with Crippen LogP contribution < -0.4 is 4.72 Å². The fraction of sp³-hybridized carbons (Fsp3) is 0.357. The van der Waals surface area contributed by atoms with Gasteiger partial charge in [-0.1, -0.05) is 28.4 Å². The van der Waals surface area contributed by atoms with Gasteiger partial charge < -0.3 is 0 Å². The highest BCUT2D eigenvalue weighted by Gasteiger charge is 2.19. The van der Waals surface area contributed by atoms with Crippen LogP contribution in [-0.4, -0.2) is 13.4 Å². The van der Waals surface area contributed by atoms with Crippen LogP contribution in [0, 0.1) is 0 Å². The molecule has 7 heteroatoms. The fourth-order valence-corrected chi connectivity index (χ4v) is 5.26. The van der Waals surface area contributed by atoms with Crippen molar-refractivity contribution >= 4 is 42.4 Å². The molecule has 0 unspecified atom stereocenters. The zero-order valence-corrected chi connectivity index (χ0v) is 14.5. The van der Waals surface area contributed by atoms with Crippen LogP contribution in [0.4, 0.5) is 5.13 Å². The summed E-state index contributed by atoms with van der Waals surface area (Å²) in [5.41, 5.74) is 1.06. The van der Waals surface area contributed by atoms with Crippen molar-refractivity contribution in [1.82, 2.24) is 4.98 Å². The third-order valence-corrected chi connectivity index (χ3v) is 6.46. The van der Waals surface area contributed by atoms with Gasteiger partial charge in [-0.05, 0) is 43.9 Å². The second-order valence-corrected chi connectivity index (χ2v) is 8.69. The van der Waals surface area contributed by atoms with Gasteiger partial charge in [-0.3, -0.25) is 4.72 Å². The maximum Gasteiger partial charge on any atom is 0.263 e. The molecule has 0 spiro atoms. The van der Waals surface area contributed by atoms with Crippen molar-refractivity contribution in [2.24, 2.45) is 0 Å². The van der Waals surface area contributed by atoms with E-state index in [4.69, 9.17) is 0 Å². The lowest BCUT2D eigenvalue weighted by atomic mass is 10.2. The molecule has 0 bridgehead atoms. The average molecular weight is 387 g/mol. The summed E-state index contributed by atoms with van der Waals surface area (Å²) in [4.78, 5) is 5.92. The number of hydrogen-bond donors (Lipinski definition) is 1. The zero-order valence-electron chi connectivity index (χ0n) is 11.3. The molecule has 0 radical (unpaired) electrons. The van der Waals surface area contributed by atoms with E-state index < -0.39 is 10.0 Å². The normalized spacial score (nSPS) is 15.3. The van der Waals surface area contributed by atoms with Gasteiger partial charge in [0.1, 0.15) is 0 Å². The molecule has 1 aliphatic rings. The number of halogens is 1. The van der Waals surface area contributed by atoms with Gasteiger partial charge in [-0.2, -0.15) is 0 Å². The highest BCUT2D eigenvalue weighted by molar-refractivity contribution is 9.10. The molecule has 1 aromatic carbocycles. The summed E-state index contributed by atoms with van der Waals surface area (Å²) in [5.74, 6) is 0. The van der Waals surface area contributed by atoms with Gasteiger partial charge in [0, 0.05) is 9.35 Å². The zero-order chi connectivity index (χ0) is 14.9. The van der Waals surface area contributed by atoms with E-state index in [2.05, 4.69) is 25.6 Å². The summed E-state index contributed by atoms with van der Waals surface area (Å²) in [5, 5.41) is 0.474. The van der Waals surface area contributed by atoms with E-state index in [1.807, 2.05) is 0 Å². The number of aromatic nitrogens is 1. The Morgan fingerprint density at radius 1 is 1.19 bits per heavy atom. The topological polar surface area (TPSA) is 59.1 Å². The van der Waals surface area contributed by atoms with Gasteiger partial charge in [-0.25, -0.2) is 13.4 Å². The summed E-state index contributed by atoms with van der Waals surface area (Å²) < 4.78 is 28.1. The molecule has 0 fully saturated rings. The second-order valence-electron chi connectivity index (χ2n) is 5.01. The molecule has 0 saturated carbocycles. The molecule has 1 aliphatic carbocycles. The Hall–Kier alpha value is -0.920. The number of nitrogens with zero attached hydrogens (tertiary/aromatic N) is 1. The van der Waals surface area contributed by atoms with Crippen LogP contribution in [0.5, 0.6) is 0 Å². The molecule has 4 nitrogen and oxygen atoms in total. The highest BCUT2D eigenvalue weighted by atomic mass is 79.9. The number of anilines is 1. The van der Waals surface area contributed by atoms with Gasteiger partial charge >= 0.3 is 0 Å². The number of fused-ring (bicyclic) bond motifs is 1. The second kappa shape index (κ2) is 6.06. The number of hydrogen-bond acceptors (Lipinski definition) is 4. The maximum atomic E-state index is 12.4. The first-order chi connectivity index (χ1) is 10.0. The summed E-state index contributed by atoms with van der Waals surface area (Å²) in [6.07, 6.45) is 5.47. The Kier molecular flexibility index (Phi) is 4.33. The van der Waals surface area contributed by atoms with E-state index in [0.29, 0.717) is 5.13 Å². The molecule has 0 saturated heterocycles. The average Bonchev–Trinajstić information content (AvgIpc) is 2.67. The van der Waals surface area contributed by atoms with Crippen molar-refractivity contribution in [2.45, 2.75) is 37.0 Å². The lowest BCUT2D eigenvalue weighted by Gasteiger charge is -2.05. The number of thiazole rings is 1. The van der Waals surface area contributed by atoms with Crippen molar-refractivity contribution < 1.29 is 8.42 Å². The smallest absolute Gasteiger partial charge is 0.255 e. The third kappa shape index (κ3) is 3.46. The molecule has 1 N–H and O–H groups in total. The minimum atomic E-state index is -3.58. The van der Waals surface area contributed by atoms with E-state index >= 15 is 0 Å². The SMILES string of the molecule is O=S(=O)(Nc1nc2c(s1)CCCCC2)c1cccc(Br)c1. The van der Waals surface area contributed by atoms with Gasteiger partial charge in [-0.15, -0.1) is 11.3 Å². The molecule has 112 valence electrons. The molecular formula is C14H15BrN2O2S2. The summed E-state index contributed by atoms with van der Waals surface area (Å²) in [6.45, 7) is 0. The fourth-order valence-electron chi connectivity index (χ4n) is 2.38. The minimum Gasteiger partial charge on any atom is -0.255 e. The van der Waals surface area contributed by atoms with Gasteiger partial charge in [0.25, 0.3) is 10.0 Å². The molecule has 3 rings (SSSR count). The van der Waals surface area contributed by atoms with E-state index in [-0.39, 0.29) is 4.90 Å². The largest absolute Gasteiger partial charge is 0.263 e. The Morgan fingerprint density at radius 2 is 2.00 bits per heavy atom. The van der Waals surface area contributed by atoms with E-state index in [0.717, 1.165) is 35.8 Å². The Bertz CT molecular complexity index is 733. The van der Waals surface area contributed by atoms with Crippen molar-refractivity contribution in [1.29, 1.82) is 0 Å². The van der Waals surface area contributed by atoms with E-state index in [9.17, 15) is 8.42 Å². The Labute approximate surface area is 136 Å². The molecule has 0 aliphatic heterocycles. The predicted molar refractivity (Wildman–Crippen MR) is 88.3 cm³/mol. The number of nitrogens with one attached hydrogen (secondary N) is 1. The van der Waals surface area contributed by atoms with Crippen LogP contribution in [0.3, 0.4) is 0 Å². The van der Waals surface area contributed by atoms with Gasteiger partial charge in [0.05, 0.1) is 10.6 Å². The van der Waals surface area contributed by atoms with Gasteiger partial charge in [0.2, 0.25) is 0 Å². The summed E-state index contributed by atoms with van der Waals surface area (Å²) >= 11 is 4.75. The number of sulfonamides is 1. The number of benzene rings is 1. The van der Waals surface area contributed by atoms with E-state index in [1.54, 1.807) is 24.3 Å². The van der Waals surface area contributed by atoms with Gasteiger partial charge in [0.15, 0.2) is 5.13 Å². The standard InChI is InChI=1S/C14H15BrN2O2S2/c15-10-5-4-6-11(9-10)21(18,19)17-14-16-12-7-2-1-3-8-13(12)20-14/h4-6,9H,1-3,7-8H2,(H,16,17). The predicted octanol–water partition coefficient (Wildman–Crippen LogP) is 3.98. The third-order valence-electron chi connectivity index (χ3n) is 3.42.